The second-order valence-corrected chi connectivity index (χ2v) is 7.67. The molecule has 0 aromatic carbocycles. The first kappa shape index (κ1) is 10.8. The van der Waals surface area contributed by atoms with Crippen LogP contribution in [-0.2, 0) is 0 Å². The van der Waals surface area contributed by atoms with Gasteiger partial charge in [0.05, 0.1) is 0 Å². The van der Waals surface area contributed by atoms with Gasteiger partial charge < -0.3 is 5.32 Å². The van der Waals surface area contributed by atoms with Gasteiger partial charge in [0.25, 0.3) is 0 Å². The van der Waals surface area contributed by atoms with Gasteiger partial charge in [0.2, 0.25) is 0 Å². The number of hydrogen-bond donors (Lipinski definition) is 1. The van der Waals surface area contributed by atoms with Crippen molar-refractivity contribution in [3.8, 4) is 0 Å². The van der Waals surface area contributed by atoms with Crippen molar-refractivity contribution in [2.75, 3.05) is 6.54 Å². The first-order valence-electron chi connectivity index (χ1n) is 8.03. The van der Waals surface area contributed by atoms with E-state index < -0.39 is 0 Å². The fourth-order valence-electron chi connectivity index (χ4n) is 5.67. The van der Waals surface area contributed by atoms with Crippen molar-refractivity contribution in [3.63, 3.8) is 0 Å². The van der Waals surface area contributed by atoms with Crippen LogP contribution in [0.25, 0.3) is 0 Å². The number of nitrogens with one attached hydrogen (secondary N) is 1. The summed E-state index contributed by atoms with van der Waals surface area (Å²) in [6, 6.07) is 0.897. The van der Waals surface area contributed by atoms with Crippen molar-refractivity contribution < 1.29 is 0 Å². The Balaban J connectivity index is 1.42. The van der Waals surface area contributed by atoms with Gasteiger partial charge in [-0.2, -0.15) is 0 Å². The maximum Gasteiger partial charge on any atom is 0.00683 e. The largest absolute Gasteiger partial charge is 0.314 e. The second kappa shape index (κ2) is 3.98. The normalized spacial score (nSPS) is 49.6. The lowest BCUT2D eigenvalue weighted by molar-refractivity contribution is -0.0580. The van der Waals surface area contributed by atoms with Crippen molar-refractivity contribution >= 4 is 0 Å². The fourth-order valence-corrected chi connectivity index (χ4v) is 5.67. The zero-order valence-electron chi connectivity index (χ0n) is 11.2. The highest BCUT2D eigenvalue weighted by Crippen LogP contribution is 2.58. The third kappa shape index (κ3) is 1.95. The molecule has 0 radical (unpaired) electrons. The van der Waals surface area contributed by atoms with Crippen molar-refractivity contribution in [1.82, 2.24) is 5.32 Å². The lowest BCUT2D eigenvalue weighted by Crippen LogP contribution is -2.48. The Bertz CT molecular complexity index is 266. The first-order valence-corrected chi connectivity index (χ1v) is 8.03. The van der Waals surface area contributed by atoms with Gasteiger partial charge in [-0.05, 0) is 87.0 Å². The van der Waals surface area contributed by atoms with E-state index in [1.54, 1.807) is 32.1 Å². The number of hydrogen-bond acceptors (Lipinski definition) is 1. The van der Waals surface area contributed by atoms with E-state index in [0.29, 0.717) is 0 Å². The molecule has 4 bridgehead atoms. The summed E-state index contributed by atoms with van der Waals surface area (Å²) in [7, 11) is 0. The Morgan fingerprint density at radius 3 is 2.06 bits per heavy atom. The van der Waals surface area contributed by atoms with Crippen LogP contribution in [0.3, 0.4) is 0 Å². The summed E-state index contributed by atoms with van der Waals surface area (Å²) < 4.78 is 0. The van der Waals surface area contributed by atoms with E-state index in [4.69, 9.17) is 0 Å². The highest BCUT2D eigenvalue weighted by atomic mass is 14.9. The summed E-state index contributed by atoms with van der Waals surface area (Å²) in [5, 5.41) is 3.77. The smallest absolute Gasteiger partial charge is 0.00683 e. The highest BCUT2D eigenvalue weighted by molar-refractivity contribution is 4.99. The summed E-state index contributed by atoms with van der Waals surface area (Å²) in [5.41, 5.74) is 0. The fraction of sp³-hybridized carbons (Fsp3) is 1.00. The Labute approximate surface area is 106 Å². The molecule has 0 heterocycles. The maximum atomic E-state index is 3.77. The second-order valence-electron chi connectivity index (χ2n) is 7.67. The Hall–Kier alpha value is -0.0400. The maximum absolute atomic E-state index is 3.77. The average Bonchev–Trinajstić information content (AvgIpc) is 3.08. The van der Waals surface area contributed by atoms with E-state index in [1.165, 1.54) is 19.4 Å². The van der Waals surface area contributed by atoms with Crippen LogP contribution in [0, 0.1) is 35.5 Å². The lowest BCUT2D eigenvalue weighted by atomic mass is 9.50. The Kier molecular flexibility index (Phi) is 2.54. The van der Waals surface area contributed by atoms with E-state index in [9.17, 15) is 0 Å². The van der Waals surface area contributed by atoms with E-state index in [0.717, 1.165) is 41.5 Å². The average molecular weight is 233 g/mol. The molecule has 96 valence electrons. The molecule has 0 aliphatic heterocycles. The van der Waals surface area contributed by atoms with Gasteiger partial charge in [-0.25, -0.2) is 0 Å². The summed E-state index contributed by atoms with van der Waals surface area (Å²) in [4.78, 5) is 0. The van der Waals surface area contributed by atoms with E-state index in [1.807, 2.05) is 0 Å². The monoisotopic (exact) mass is 233 g/mol. The molecule has 0 aromatic heterocycles. The first-order chi connectivity index (χ1) is 8.29. The summed E-state index contributed by atoms with van der Waals surface area (Å²) >= 11 is 0. The van der Waals surface area contributed by atoms with Gasteiger partial charge in [0.1, 0.15) is 0 Å². The third-order valence-corrected chi connectivity index (χ3v) is 6.26. The van der Waals surface area contributed by atoms with Crippen LogP contribution in [0.15, 0.2) is 0 Å². The van der Waals surface area contributed by atoms with Crippen molar-refractivity contribution in [2.24, 2.45) is 35.5 Å². The molecular weight excluding hydrogens is 206 g/mol. The minimum atomic E-state index is 0.897. The van der Waals surface area contributed by atoms with Gasteiger partial charge in [-0.3, -0.25) is 0 Å². The molecule has 17 heavy (non-hydrogen) atoms. The van der Waals surface area contributed by atoms with Crippen LogP contribution in [-0.4, -0.2) is 12.6 Å². The van der Waals surface area contributed by atoms with E-state index in [2.05, 4.69) is 12.2 Å². The third-order valence-electron chi connectivity index (χ3n) is 6.26. The molecule has 1 nitrogen and oxygen atoms in total. The summed E-state index contributed by atoms with van der Waals surface area (Å²) in [6.07, 6.45) is 10.8. The van der Waals surface area contributed by atoms with E-state index >= 15 is 0 Å². The Morgan fingerprint density at radius 2 is 1.53 bits per heavy atom. The predicted octanol–water partition coefficient (Wildman–Crippen LogP) is 3.45. The Morgan fingerprint density at radius 1 is 0.941 bits per heavy atom. The van der Waals surface area contributed by atoms with Crippen LogP contribution < -0.4 is 5.32 Å². The van der Waals surface area contributed by atoms with Crippen LogP contribution >= 0.6 is 0 Å². The molecule has 1 heteroatoms. The SMILES string of the molecule is CC(CNC1CC1)C1C2CC3CC(C2)CC1C3. The van der Waals surface area contributed by atoms with Crippen molar-refractivity contribution in [1.29, 1.82) is 0 Å². The van der Waals surface area contributed by atoms with Crippen LogP contribution in [0.2, 0.25) is 0 Å². The molecule has 5 rings (SSSR count). The number of rotatable bonds is 4. The van der Waals surface area contributed by atoms with Crippen LogP contribution in [0.4, 0.5) is 0 Å². The van der Waals surface area contributed by atoms with Gasteiger partial charge >= 0.3 is 0 Å². The lowest BCUT2D eigenvalue weighted by Gasteiger charge is -2.56. The van der Waals surface area contributed by atoms with Gasteiger partial charge in [-0.15, -0.1) is 0 Å². The molecule has 0 spiro atoms. The predicted molar refractivity (Wildman–Crippen MR) is 70.7 cm³/mol. The quantitative estimate of drug-likeness (QED) is 0.784. The molecule has 0 aromatic rings. The molecule has 5 aliphatic carbocycles. The zero-order chi connectivity index (χ0) is 11.4. The highest BCUT2D eigenvalue weighted by Gasteiger charge is 2.49. The molecular formula is C16H27N. The van der Waals surface area contributed by atoms with Crippen LogP contribution in [0.5, 0.6) is 0 Å². The molecule has 1 N–H and O–H groups in total. The molecule has 1 atom stereocenters. The molecule has 5 fully saturated rings. The minimum absolute atomic E-state index is 0.897. The molecule has 0 amide bonds. The zero-order valence-corrected chi connectivity index (χ0v) is 11.2. The molecule has 5 saturated carbocycles. The summed E-state index contributed by atoms with van der Waals surface area (Å²) in [5.74, 6) is 6.51. The minimum Gasteiger partial charge on any atom is -0.314 e. The van der Waals surface area contributed by atoms with E-state index in [-0.39, 0.29) is 0 Å². The van der Waals surface area contributed by atoms with Crippen LogP contribution in [0.1, 0.15) is 51.9 Å². The molecule has 1 unspecified atom stereocenters. The van der Waals surface area contributed by atoms with Gasteiger partial charge in [0.15, 0.2) is 0 Å². The van der Waals surface area contributed by atoms with Gasteiger partial charge in [-0.1, -0.05) is 6.92 Å². The molecule has 5 aliphatic rings. The topological polar surface area (TPSA) is 12.0 Å². The molecule has 0 saturated heterocycles. The van der Waals surface area contributed by atoms with Crippen molar-refractivity contribution in [2.45, 2.75) is 57.9 Å². The summed E-state index contributed by atoms with van der Waals surface area (Å²) in [6.45, 7) is 3.83. The van der Waals surface area contributed by atoms with Gasteiger partial charge in [0, 0.05) is 6.04 Å². The standard InChI is InChI=1S/C16H27N/c1-10(9-17-15-2-3-15)16-13-5-11-4-12(7-13)8-14(16)6-11/h10-17H,2-9H2,1H3. The van der Waals surface area contributed by atoms with Crippen molar-refractivity contribution in [3.05, 3.63) is 0 Å².